The van der Waals surface area contributed by atoms with Gasteiger partial charge in [-0.2, -0.15) is 5.10 Å². The molecule has 0 bridgehead atoms. The minimum atomic E-state index is 0. The molecule has 0 radical (unpaired) electrons. The van der Waals surface area contributed by atoms with Crippen LogP contribution in [0.4, 0.5) is 0 Å². The number of hydrogen-bond acceptors (Lipinski definition) is 4. The summed E-state index contributed by atoms with van der Waals surface area (Å²) < 4.78 is 5.15. The Balaban J connectivity index is 0.00000364. The number of nitrogens with two attached hydrogens (primary N) is 1. The predicted molar refractivity (Wildman–Crippen MR) is 120 cm³/mol. The fraction of sp³-hybridized carbons (Fsp3) is 0.526. The Morgan fingerprint density at radius 1 is 1.15 bits per heavy atom. The van der Waals surface area contributed by atoms with Crippen LogP contribution in [0.15, 0.2) is 29.3 Å². The van der Waals surface area contributed by atoms with E-state index in [4.69, 9.17) is 10.5 Å². The Labute approximate surface area is 178 Å². The molecular formula is C19H31IN6O. The second kappa shape index (κ2) is 13.3. The van der Waals surface area contributed by atoms with Crippen LogP contribution in [-0.2, 0) is 6.54 Å². The molecule has 8 heteroatoms. The molecule has 0 saturated carbocycles. The maximum Gasteiger partial charge on any atom is 0.189 e. The van der Waals surface area contributed by atoms with E-state index in [0.717, 1.165) is 24.3 Å². The third kappa shape index (κ3) is 8.59. The van der Waals surface area contributed by atoms with E-state index < -0.39 is 0 Å². The van der Waals surface area contributed by atoms with Crippen LogP contribution in [0, 0.1) is 0 Å². The Bertz CT molecular complexity index is 671. The van der Waals surface area contributed by atoms with Gasteiger partial charge in [0.05, 0.1) is 7.11 Å². The van der Waals surface area contributed by atoms with Gasteiger partial charge in [0, 0.05) is 12.1 Å². The lowest BCUT2D eigenvalue weighted by atomic mass is 10.1. The predicted octanol–water partition coefficient (Wildman–Crippen LogP) is 3.86. The first-order valence-corrected chi connectivity index (χ1v) is 9.32. The number of unbranched alkanes of at least 4 members (excludes halogenated alkanes) is 5. The Hall–Kier alpha value is -1.84. The molecule has 1 heterocycles. The van der Waals surface area contributed by atoms with Crippen LogP contribution in [0.3, 0.4) is 0 Å². The molecule has 0 spiro atoms. The van der Waals surface area contributed by atoms with Gasteiger partial charge in [-0.05, 0) is 30.7 Å². The summed E-state index contributed by atoms with van der Waals surface area (Å²) in [6, 6.07) is 7.61. The summed E-state index contributed by atoms with van der Waals surface area (Å²) in [6.07, 6.45) is 7.56. The van der Waals surface area contributed by atoms with Crippen LogP contribution in [-0.4, -0.2) is 34.8 Å². The SMILES string of the molecule is CCCCCCCCNC(N)=NCc1nc(-c2ccc(OC)cc2)n[nH]1.I. The van der Waals surface area contributed by atoms with Crippen molar-refractivity contribution in [2.24, 2.45) is 10.7 Å². The van der Waals surface area contributed by atoms with E-state index in [-0.39, 0.29) is 24.0 Å². The number of nitrogens with one attached hydrogen (secondary N) is 2. The van der Waals surface area contributed by atoms with Crippen molar-refractivity contribution in [3.8, 4) is 17.1 Å². The molecule has 0 saturated heterocycles. The van der Waals surface area contributed by atoms with Gasteiger partial charge in [0.1, 0.15) is 18.1 Å². The maximum absolute atomic E-state index is 5.90. The standard InChI is InChI=1S/C19H30N6O.HI/c1-3-4-5-6-7-8-13-21-19(20)22-14-17-23-18(25-24-17)15-9-11-16(26-2)12-10-15;/h9-12H,3-8,13-14H2,1-2H3,(H3,20,21,22)(H,23,24,25);1H. The second-order valence-corrected chi connectivity index (χ2v) is 6.23. The zero-order valence-electron chi connectivity index (χ0n) is 16.2. The Morgan fingerprint density at radius 2 is 1.85 bits per heavy atom. The molecule has 2 rings (SSSR count). The van der Waals surface area contributed by atoms with E-state index in [1.54, 1.807) is 7.11 Å². The number of benzene rings is 1. The van der Waals surface area contributed by atoms with Gasteiger partial charge in [-0.15, -0.1) is 24.0 Å². The average Bonchev–Trinajstić information content (AvgIpc) is 3.15. The highest BCUT2D eigenvalue weighted by atomic mass is 127. The topological polar surface area (TPSA) is 101 Å². The smallest absolute Gasteiger partial charge is 0.189 e. The third-order valence-electron chi connectivity index (χ3n) is 4.12. The summed E-state index contributed by atoms with van der Waals surface area (Å²) in [5.41, 5.74) is 6.82. The van der Waals surface area contributed by atoms with Crippen molar-refractivity contribution < 1.29 is 4.74 Å². The molecule has 0 aliphatic heterocycles. The van der Waals surface area contributed by atoms with Crippen molar-refractivity contribution in [3.63, 3.8) is 0 Å². The number of ether oxygens (including phenoxy) is 1. The third-order valence-corrected chi connectivity index (χ3v) is 4.12. The monoisotopic (exact) mass is 486 g/mol. The van der Waals surface area contributed by atoms with Crippen molar-refractivity contribution in [1.29, 1.82) is 0 Å². The summed E-state index contributed by atoms with van der Waals surface area (Å²) >= 11 is 0. The molecule has 2 aromatic rings. The highest BCUT2D eigenvalue weighted by Crippen LogP contribution is 2.18. The highest BCUT2D eigenvalue weighted by molar-refractivity contribution is 14.0. The molecule has 0 atom stereocenters. The van der Waals surface area contributed by atoms with Crippen molar-refractivity contribution >= 4 is 29.9 Å². The molecule has 0 unspecified atom stereocenters. The molecule has 7 nitrogen and oxygen atoms in total. The van der Waals surface area contributed by atoms with Crippen LogP contribution < -0.4 is 15.8 Å². The van der Waals surface area contributed by atoms with E-state index in [0.29, 0.717) is 24.2 Å². The van der Waals surface area contributed by atoms with E-state index in [1.807, 2.05) is 24.3 Å². The summed E-state index contributed by atoms with van der Waals surface area (Å²) in [4.78, 5) is 8.75. The lowest BCUT2D eigenvalue weighted by molar-refractivity contribution is 0.415. The minimum Gasteiger partial charge on any atom is -0.497 e. The molecule has 1 aromatic heterocycles. The van der Waals surface area contributed by atoms with Gasteiger partial charge in [-0.1, -0.05) is 39.0 Å². The van der Waals surface area contributed by atoms with Crippen molar-refractivity contribution in [2.45, 2.75) is 52.0 Å². The number of aliphatic imine (C=N–C) groups is 1. The normalized spacial score (nSPS) is 11.1. The molecule has 150 valence electrons. The summed E-state index contributed by atoms with van der Waals surface area (Å²) in [5, 5.41) is 10.3. The lowest BCUT2D eigenvalue weighted by Crippen LogP contribution is -2.32. The first-order valence-electron chi connectivity index (χ1n) is 9.32. The van der Waals surface area contributed by atoms with Crippen LogP contribution in [0.5, 0.6) is 5.75 Å². The first kappa shape index (κ1) is 23.2. The van der Waals surface area contributed by atoms with E-state index in [9.17, 15) is 0 Å². The van der Waals surface area contributed by atoms with Gasteiger partial charge in [0.2, 0.25) is 0 Å². The number of guanidine groups is 1. The summed E-state index contributed by atoms with van der Waals surface area (Å²) in [5.74, 6) is 2.57. The van der Waals surface area contributed by atoms with Gasteiger partial charge in [-0.25, -0.2) is 9.98 Å². The minimum absolute atomic E-state index is 0. The van der Waals surface area contributed by atoms with Crippen LogP contribution >= 0.6 is 24.0 Å². The van der Waals surface area contributed by atoms with E-state index >= 15 is 0 Å². The van der Waals surface area contributed by atoms with Crippen molar-refractivity contribution in [1.82, 2.24) is 20.5 Å². The van der Waals surface area contributed by atoms with Crippen molar-refractivity contribution in [2.75, 3.05) is 13.7 Å². The largest absolute Gasteiger partial charge is 0.497 e. The quantitative estimate of drug-likeness (QED) is 0.194. The van der Waals surface area contributed by atoms with Gasteiger partial charge < -0.3 is 15.8 Å². The second-order valence-electron chi connectivity index (χ2n) is 6.23. The molecule has 27 heavy (non-hydrogen) atoms. The molecule has 0 fully saturated rings. The number of halogens is 1. The number of rotatable bonds is 11. The number of hydrogen-bond donors (Lipinski definition) is 3. The van der Waals surface area contributed by atoms with Crippen LogP contribution in [0.1, 0.15) is 51.3 Å². The molecule has 1 aromatic carbocycles. The number of methoxy groups -OCH3 is 1. The fourth-order valence-corrected chi connectivity index (χ4v) is 2.57. The fourth-order valence-electron chi connectivity index (χ4n) is 2.57. The summed E-state index contributed by atoms with van der Waals surface area (Å²) in [6.45, 7) is 3.46. The zero-order valence-corrected chi connectivity index (χ0v) is 18.5. The average molecular weight is 486 g/mol. The molecule has 0 aliphatic carbocycles. The van der Waals surface area contributed by atoms with E-state index in [1.165, 1.54) is 32.1 Å². The Kier molecular flexibility index (Phi) is 11.5. The number of aromatic nitrogens is 3. The van der Waals surface area contributed by atoms with Crippen LogP contribution in [0.2, 0.25) is 0 Å². The molecular weight excluding hydrogens is 455 g/mol. The zero-order chi connectivity index (χ0) is 18.6. The molecule has 4 N–H and O–H groups in total. The molecule has 0 aliphatic rings. The number of aromatic amines is 1. The highest BCUT2D eigenvalue weighted by Gasteiger charge is 2.06. The molecule has 0 amide bonds. The van der Waals surface area contributed by atoms with Gasteiger partial charge >= 0.3 is 0 Å². The Morgan fingerprint density at radius 3 is 2.56 bits per heavy atom. The first-order chi connectivity index (χ1) is 12.7. The maximum atomic E-state index is 5.90. The van der Waals surface area contributed by atoms with Gasteiger partial charge in [0.25, 0.3) is 0 Å². The van der Waals surface area contributed by atoms with Crippen LogP contribution in [0.25, 0.3) is 11.4 Å². The summed E-state index contributed by atoms with van der Waals surface area (Å²) in [7, 11) is 1.64. The number of H-pyrrole nitrogens is 1. The number of nitrogens with zero attached hydrogens (tertiary/aromatic N) is 3. The van der Waals surface area contributed by atoms with E-state index in [2.05, 4.69) is 32.4 Å². The lowest BCUT2D eigenvalue weighted by Gasteiger charge is -2.05. The van der Waals surface area contributed by atoms with Gasteiger partial charge in [0.15, 0.2) is 11.8 Å². The van der Waals surface area contributed by atoms with Crippen molar-refractivity contribution in [3.05, 3.63) is 30.1 Å². The van der Waals surface area contributed by atoms with Gasteiger partial charge in [-0.3, -0.25) is 5.10 Å².